The van der Waals surface area contributed by atoms with Gasteiger partial charge in [-0.05, 0) is 49.6 Å². The van der Waals surface area contributed by atoms with Gasteiger partial charge in [0, 0.05) is 30.3 Å². The fourth-order valence-electron chi connectivity index (χ4n) is 2.24. The predicted octanol–water partition coefficient (Wildman–Crippen LogP) is 3.07. The quantitative estimate of drug-likeness (QED) is 0.862. The van der Waals surface area contributed by atoms with Gasteiger partial charge in [0.1, 0.15) is 0 Å². The van der Waals surface area contributed by atoms with Crippen molar-refractivity contribution in [2.45, 2.75) is 32.7 Å². The van der Waals surface area contributed by atoms with E-state index in [2.05, 4.69) is 41.3 Å². The van der Waals surface area contributed by atoms with Crippen molar-refractivity contribution in [2.24, 2.45) is 0 Å². The average Bonchev–Trinajstić information content (AvgIpc) is 2.44. The lowest BCUT2D eigenvalue weighted by Gasteiger charge is -2.18. The van der Waals surface area contributed by atoms with Gasteiger partial charge in [0.15, 0.2) is 0 Å². The zero-order chi connectivity index (χ0) is 13.5. The van der Waals surface area contributed by atoms with E-state index in [1.807, 2.05) is 30.7 Å². The van der Waals surface area contributed by atoms with Crippen LogP contribution >= 0.6 is 0 Å². The van der Waals surface area contributed by atoms with Crippen LogP contribution in [0.5, 0.6) is 0 Å². The fourth-order valence-corrected chi connectivity index (χ4v) is 2.24. The van der Waals surface area contributed by atoms with Crippen LogP contribution in [0.4, 0.5) is 0 Å². The molecule has 0 saturated carbocycles. The Hall–Kier alpha value is -1.74. The zero-order valence-corrected chi connectivity index (χ0v) is 11.6. The molecule has 19 heavy (non-hydrogen) atoms. The lowest BCUT2D eigenvalue weighted by atomic mass is 10.0. The van der Waals surface area contributed by atoms with Gasteiger partial charge in [-0.2, -0.15) is 0 Å². The maximum atomic E-state index is 4.38. The first-order chi connectivity index (χ1) is 9.29. The van der Waals surface area contributed by atoms with E-state index < -0.39 is 0 Å². The molecular weight excluding hydrogens is 234 g/mol. The first-order valence-electron chi connectivity index (χ1n) is 6.84. The second-order valence-electron chi connectivity index (χ2n) is 4.77. The van der Waals surface area contributed by atoms with Crippen LogP contribution in [0.15, 0.2) is 42.9 Å². The molecule has 2 aromatic heterocycles. The van der Waals surface area contributed by atoms with Crippen molar-refractivity contribution < 1.29 is 0 Å². The van der Waals surface area contributed by atoms with E-state index in [4.69, 9.17) is 0 Å². The topological polar surface area (TPSA) is 37.8 Å². The first kappa shape index (κ1) is 13.7. The molecule has 0 aliphatic rings. The molecule has 0 fully saturated rings. The molecule has 0 radical (unpaired) electrons. The fraction of sp³-hybridized carbons (Fsp3) is 0.375. The SMILES string of the molecule is CCNC(CCc1ccccn1)c1cncc(C)c1. The Kier molecular flexibility index (Phi) is 5.04. The van der Waals surface area contributed by atoms with Crippen molar-refractivity contribution in [3.63, 3.8) is 0 Å². The van der Waals surface area contributed by atoms with Gasteiger partial charge in [-0.1, -0.05) is 19.1 Å². The van der Waals surface area contributed by atoms with Gasteiger partial charge in [0.2, 0.25) is 0 Å². The number of hydrogen-bond donors (Lipinski definition) is 1. The van der Waals surface area contributed by atoms with Crippen LogP contribution in [0.3, 0.4) is 0 Å². The molecule has 3 heteroatoms. The minimum atomic E-state index is 0.347. The van der Waals surface area contributed by atoms with Gasteiger partial charge in [0.05, 0.1) is 0 Å². The minimum Gasteiger partial charge on any atom is -0.310 e. The third-order valence-electron chi connectivity index (χ3n) is 3.16. The molecule has 0 aliphatic heterocycles. The van der Waals surface area contributed by atoms with Crippen molar-refractivity contribution >= 4 is 0 Å². The Morgan fingerprint density at radius 2 is 2.16 bits per heavy atom. The summed E-state index contributed by atoms with van der Waals surface area (Å²) < 4.78 is 0. The molecule has 100 valence electrons. The first-order valence-corrected chi connectivity index (χ1v) is 6.84. The Morgan fingerprint density at radius 1 is 1.26 bits per heavy atom. The number of aryl methyl sites for hydroxylation is 2. The number of hydrogen-bond acceptors (Lipinski definition) is 3. The van der Waals surface area contributed by atoms with Crippen LogP contribution in [0.25, 0.3) is 0 Å². The highest BCUT2D eigenvalue weighted by molar-refractivity contribution is 5.20. The largest absolute Gasteiger partial charge is 0.310 e. The molecule has 1 N–H and O–H groups in total. The number of pyridine rings is 2. The van der Waals surface area contributed by atoms with Crippen molar-refractivity contribution in [2.75, 3.05) is 6.54 Å². The van der Waals surface area contributed by atoms with Gasteiger partial charge in [0.25, 0.3) is 0 Å². The van der Waals surface area contributed by atoms with E-state index in [1.165, 1.54) is 11.1 Å². The standard InChI is InChI=1S/C16H21N3/c1-3-18-16(14-10-13(2)11-17-12-14)8-7-15-6-4-5-9-19-15/h4-6,9-12,16,18H,3,7-8H2,1-2H3. The molecule has 0 saturated heterocycles. The molecule has 0 amide bonds. The van der Waals surface area contributed by atoms with E-state index in [0.29, 0.717) is 6.04 Å². The number of rotatable bonds is 6. The minimum absolute atomic E-state index is 0.347. The van der Waals surface area contributed by atoms with Gasteiger partial charge < -0.3 is 5.32 Å². The van der Waals surface area contributed by atoms with Crippen molar-refractivity contribution in [3.05, 3.63) is 59.7 Å². The van der Waals surface area contributed by atoms with E-state index in [0.717, 1.165) is 25.1 Å². The summed E-state index contributed by atoms with van der Waals surface area (Å²) in [5, 5.41) is 3.53. The lowest BCUT2D eigenvalue weighted by Crippen LogP contribution is -2.21. The second kappa shape index (κ2) is 7.00. The molecule has 1 unspecified atom stereocenters. The molecule has 3 nitrogen and oxygen atoms in total. The molecular formula is C16H21N3. The Morgan fingerprint density at radius 3 is 2.84 bits per heavy atom. The smallest absolute Gasteiger partial charge is 0.0404 e. The van der Waals surface area contributed by atoms with Gasteiger partial charge in [-0.25, -0.2) is 0 Å². The second-order valence-corrected chi connectivity index (χ2v) is 4.77. The van der Waals surface area contributed by atoms with Crippen LogP contribution in [-0.2, 0) is 6.42 Å². The van der Waals surface area contributed by atoms with E-state index in [9.17, 15) is 0 Å². The van der Waals surface area contributed by atoms with Crippen LogP contribution in [-0.4, -0.2) is 16.5 Å². The van der Waals surface area contributed by atoms with Crippen LogP contribution < -0.4 is 5.32 Å². The molecule has 0 spiro atoms. The van der Waals surface area contributed by atoms with Gasteiger partial charge in [-0.15, -0.1) is 0 Å². The van der Waals surface area contributed by atoms with Gasteiger partial charge >= 0.3 is 0 Å². The third kappa shape index (κ3) is 4.14. The van der Waals surface area contributed by atoms with E-state index in [1.54, 1.807) is 0 Å². The highest BCUT2D eigenvalue weighted by atomic mass is 14.9. The van der Waals surface area contributed by atoms with Crippen molar-refractivity contribution in [3.8, 4) is 0 Å². The number of nitrogens with one attached hydrogen (secondary N) is 1. The van der Waals surface area contributed by atoms with Crippen molar-refractivity contribution in [1.82, 2.24) is 15.3 Å². The highest BCUT2D eigenvalue weighted by Gasteiger charge is 2.11. The summed E-state index contributed by atoms with van der Waals surface area (Å²) in [4.78, 5) is 8.67. The lowest BCUT2D eigenvalue weighted by molar-refractivity contribution is 0.511. The summed E-state index contributed by atoms with van der Waals surface area (Å²) in [6.45, 7) is 5.18. The predicted molar refractivity (Wildman–Crippen MR) is 77.9 cm³/mol. The summed E-state index contributed by atoms with van der Waals surface area (Å²) in [6.07, 6.45) is 7.72. The van der Waals surface area contributed by atoms with Crippen LogP contribution in [0.1, 0.15) is 36.2 Å². The van der Waals surface area contributed by atoms with Crippen LogP contribution in [0.2, 0.25) is 0 Å². The summed E-state index contributed by atoms with van der Waals surface area (Å²) in [6, 6.07) is 8.63. The third-order valence-corrected chi connectivity index (χ3v) is 3.16. The highest BCUT2D eigenvalue weighted by Crippen LogP contribution is 2.18. The monoisotopic (exact) mass is 255 g/mol. The number of nitrogens with zero attached hydrogens (tertiary/aromatic N) is 2. The maximum absolute atomic E-state index is 4.38. The molecule has 0 aromatic carbocycles. The molecule has 2 rings (SSSR count). The van der Waals surface area contributed by atoms with E-state index >= 15 is 0 Å². The molecule has 0 aliphatic carbocycles. The van der Waals surface area contributed by atoms with Crippen LogP contribution in [0, 0.1) is 6.92 Å². The van der Waals surface area contributed by atoms with Gasteiger partial charge in [-0.3, -0.25) is 9.97 Å². The maximum Gasteiger partial charge on any atom is 0.0404 e. The Bertz CT molecular complexity index is 496. The molecule has 0 bridgehead atoms. The van der Waals surface area contributed by atoms with Crippen molar-refractivity contribution in [1.29, 1.82) is 0 Å². The summed E-state index contributed by atoms with van der Waals surface area (Å²) >= 11 is 0. The normalized spacial score (nSPS) is 12.3. The molecule has 2 heterocycles. The van der Waals surface area contributed by atoms with E-state index in [-0.39, 0.29) is 0 Å². The number of aromatic nitrogens is 2. The summed E-state index contributed by atoms with van der Waals surface area (Å²) in [7, 11) is 0. The molecule has 2 aromatic rings. The Labute approximate surface area is 115 Å². The summed E-state index contributed by atoms with van der Waals surface area (Å²) in [5.74, 6) is 0. The zero-order valence-electron chi connectivity index (χ0n) is 11.6. The molecule has 1 atom stereocenters. The average molecular weight is 255 g/mol. The Balaban J connectivity index is 2.04. The summed E-state index contributed by atoms with van der Waals surface area (Å²) in [5.41, 5.74) is 3.61.